The number of morpholine rings is 1. The Balaban J connectivity index is 2.25. The molecular formula is C10H20ClNOS. The van der Waals surface area contributed by atoms with E-state index in [1.165, 1.54) is 18.7 Å². The highest BCUT2D eigenvalue weighted by Gasteiger charge is 2.24. The van der Waals surface area contributed by atoms with Gasteiger partial charge in [0, 0.05) is 18.5 Å². The average molecular weight is 238 g/mol. The molecule has 2 unspecified atom stereocenters. The molecule has 84 valence electrons. The fourth-order valence-corrected chi connectivity index (χ4v) is 2.30. The molecule has 0 amide bonds. The third-order valence-corrected chi connectivity index (χ3v) is 3.64. The number of ether oxygens (including phenoxy) is 1. The molecule has 0 radical (unpaired) electrons. The van der Waals surface area contributed by atoms with E-state index in [4.69, 9.17) is 16.3 Å². The zero-order valence-corrected chi connectivity index (χ0v) is 10.6. The van der Waals surface area contributed by atoms with E-state index in [0.29, 0.717) is 11.9 Å². The molecule has 0 aromatic heterocycles. The number of nitrogens with zero attached hydrogens (tertiary/aromatic N) is 1. The van der Waals surface area contributed by atoms with E-state index in [1.54, 1.807) is 0 Å². The monoisotopic (exact) mass is 237 g/mol. The van der Waals surface area contributed by atoms with Gasteiger partial charge in [-0.3, -0.25) is 4.90 Å². The summed E-state index contributed by atoms with van der Waals surface area (Å²) in [5, 5.41) is 0. The van der Waals surface area contributed by atoms with Crippen LogP contribution in [-0.4, -0.2) is 54.6 Å². The SMILES string of the molecule is CSCCCN1CC(CCl)OCC1C. The Labute approximate surface area is 96.3 Å². The van der Waals surface area contributed by atoms with Crippen LogP contribution in [0.5, 0.6) is 0 Å². The first kappa shape index (κ1) is 12.6. The highest BCUT2D eigenvalue weighted by molar-refractivity contribution is 7.98. The van der Waals surface area contributed by atoms with Crippen LogP contribution in [0, 0.1) is 0 Å². The number of thioether (sulfide) groups is 1. The molecule has 1 heterocycles. The van der Waals surface area contributed by atoms with Crippen LogP contribution in [0.1, 0.15) is 13.3 Å². The Kier molecular flexibility index (Phi) is 6.26. The van der Waals surface area contributed by atoms with Crippen molar-refractivity contribution in [3.05, 3.63) is 0 Å². The predicted octanol–water partition coefficient (Wildman–Crippen LogP) is 2.07. The van der Waals surface area contributed by atoms with Crippen molar-refractivity contribution in [3.63, 3.8) is 0 Å². The van der Waals surface area contributed by atoms with Gasteiger partial charge in [0.1, 0.15) is 0 Å². The highest BCUT2D eigenvalue weighted by Crippen LogP contribution is 2.13. The highest BCUT2D eigenvalue weighted by atomic mass is 35.5. The Hall–Kier alpha value is 0.560. The summed E-state index contributed by atoms with van der Waals surface area (Å²) >= 11 is 7.71. The van der Waals surface area contributed by atoms with Crippen LogP contribution in [0.2, 0.25) is 0 Å². The molecule has 2 atom stereocenters. The molecule has 0 aromatic rings. The average Bonchev–Trinajstić information content (AvgIpc) is 2.21. The van der Waals surface area contributed by atoms with Crippen LogP contribution in [0.25, 0.3) is 0 Å². The molecule has 1 saturated heterocycles. The molecule has 1 fully saturated rings. The van der Waals surface area contributed by atoms with Crippen LogP contribution in [0.4, 0.5) is 0 Å². The molecule has 14 heavy (non-hydrogen) atoms. The fraction of sp³-hybridized carbons (Fsp3) is 1.00. The summed E-state index contributed by atoms with van der Waals surface area (Å²) in [6.07, 6.45) is 3.66. The van der Waals surface area contributed by atoms with Gasteiger partial charge in [0.15, 0.2) is 0 Å². The molecule has 2 nitrogen and oxygen atoms in total. The van der Waals surface area contributed by atoms with Gasteiger partial charge in [-0.2, -0.15) is 11.8 Å². The topological polar surface area (TPSA) is 12.5 Å². The van der Waals surface area contributed by atoms with Crippen molar-refractivity contribution in [3.8, 4) is 0 Å². The molecular weight excluding hydrogens is 218 g/mol. The van der Waals surface area contributed by atoms with Crippen LogP contribution in [-0.2, 0) is 4.74 Å². The van der Waals surface area contributed by atoms with Gasteiger partial charge in [0.05, 0.1) is 12.7 Å². The molecule has 1 aliphatic rings. The van der Waals surface area contributed by atoms with Crippen molar-refractivity contribution in [2.45, 2.75) is 25.5 Å². The Morgan fingerprint density at radius 1 is 1.57 bits per heavy atom. The zero-order chi connectivity index (χ0) is 10.4. The number of rotatable bonds is 5. The van der Waals surface area contributed by atoms with Crippen LogP contribution in [0.3, 0.4) is 0 Å². The summed E-state index contributed by atoms with van der Waals surface area (Å²) in [5.74, 6) is 1.86. The molecule has 1 rings (SSSR count). The Morgan fingerprint density at radius 3 is 3.00 bits per heavy atom. The van der Waals surface area contributed by atoms with E-state index >= 15 is 0 Å². The second kappa shape index (κ2) is 6.94. The fourth-order valence-electron chi connectivity index (χ4n) is 1.69. The van der Waals surface area contributed by atoms with E-state index in [2.05, 4.69) is 18.1 Å². The summed E-state index contributed by atoms with van der Waals surface area (Å²) in [4.78, 5) is 2.49. The smallest absolute Gasteiger partial charge is 0.0837 e. The van der Waals surface area contributed by atoms with Gasteiger partial charge >= 0.3 is 0 Å². The largest absolute Gasteiger partial charge is 0.374 e. The number of hydrogen-bond acceptors (Lipinski definition) is 3. The van der Waals surface area contributed by atoms with Crippen molar-refractivity contribution < 1.29 is 4.74 Å². The maximum atomic E-state index is 5.80. The van der Waals surface area contributed by atoms with Crippen molar-refractivity contribution >= 4 is 23.4 Å². The molecule has 0 aromatic carbocycles. The van der Waals surface area contributed by atoms with E-state index in [0.717, 1.165) is 13.2 Å². The second-order valence-corrected chi connectivity index (χ2v) is 5.09. The third-order valence-electron chi connectivity index (χ3n) is 2.60. The molecule has 4 heteroatoms. The van der Waals surface area contributed by atoms with E-state index in [1.807, 2.05) is 11.8 Å². The minimum absolute atomic E-state index is 0.238. The molecule has 0 N–H and O–H groups in total. The maximum Gasteiger partial charge on any atom is 0.0837 e. The lowest BCUT2D eigenvalue weighted by atomic mass is 10.2. The van der Waals surface area contributed by atoms with Crippen molar-refractivity contribution in [2.75, 3.05) is 37.6 Å². The minimum Gasteiger partial charge on any atom is -0.374 e. The summed E-state index contributed by atoms with van der Waals surface area (Å²) in [6, 6.07) is 0.552. The van der Waals surface area contributed by atoms with Gasteiger partial charge in [0.2, 0.25) is 0 Å². The lowest BCUT2D eigenvalue weighted by Crippen LogP contribution is -2.49. The molecule has 1 aliphatic heterocycles. The van der Waals surface area contributed by atoms with Gasteiger partial charge in [-0.25, -0.2) is 0 Å². The molecule has 0 spiro atoms. The van der Waals surface area contributed by atoms with Gasteiger partial charge in [-0.15, -0.1) is 11.6 Å². The predicted molar refractivity (Wildman–Crippen MR) is 64.5 cm³/mol. The van der Waals surface area contributed by atoms with Crippen molar-refractivity contribution in [2.24, 2.45) is 0 Å². The first-order chi connectivity index (χ1) is 6.77. The first-order valence-electron chi connectivity index (χ1n) is 5.18. The third kappa shape index (κ3) is 3.97. The van der Waals surface area contributed by atoms with Gasteiger partial charge < -0.3 is 4.74 Å². The summed E-state index contributed by atoms with van der Waals surface area (Å²) in [7, 11) is 0. The van der Waals surface area contributed by atoms with E-state index in [9.17, 15) is 0 Å². The number of hydrogen-bond donors (Lipinski definition) is 0. The number of alkyl halides is 1. The normalized spacial score (nSPS) is 29.4. The van der Waals surface area contributed by atoms with E-state index < -0.39 is 0 Å². The van der Waals surface area contributed by atoms with E-state index in [-0.39, 0.29) is 6.10 Å². The minimum atomic E-state index is 0.238. The Morgan fingerprint density at radius 2 is 2.36 bits per heavy atom. The van der Waals surface area contributed by atoms with Gasteiger partial charge in [0.25, 0.3) is 0 Å². The maximum absolute atomic E-state index is 5.80. The molecule has 0 saturated carbocycles. The van der Waals surface area contributed by atoms with Gasteiger partial charge in [-0.05, 0) is 31.9 Å². The van der Waals surface area contributed by atoms with Crippen molar-refractivity contribution in [1.29, 1.82) is 0 Å². The second-order valence-electron chi connectivity index (χ2n) is 3.80. The van der Waals surface area contributed by atoms with Crippen LogP contribution in [0.15, 0.2) is 0 Å². The lowest BCUT2D eigenvalue weighted by molar-refractivity contribution is -0.0473. The zero-order valence-electron chi connectivity index (χ0n) is 9.04. The van der Waals surface area contributed by atoms with Crippen LogP contribution >= 0.6 is 23.4 Å². The first-order valence-corrected chi connectivity index (χ1v) is 7.11. The summed E-state index contributed by atoms with van der Waals surface area (Å²) in [5.41, 5.74) is 0. The molecule has 0 aliphatic carbocycles. The quantitative estimate of drug-likeness (QED) is 0.537. The number of halogens is 1. The van der Waals surface area contributed by atoms with Crippen LogP contribution < -0.4 is 0 Å². The lowest BCUT2D eigenvalue weighted by Gasteiger charge is -2.37. The summed E-state index contributed by atoms with van der Waals surface area (Å²) < 4.78 is 5.60. The molecule has 0 bridgehead atoms. The van der Waals surface area contributed by atoms with Crippen molar-refractivity contribution in [1.82, 2.24) is 4.90 Å². The van der Waals surface area contributed by atoms with Gasteiger partial charge in [-0.1, -0.05) is 0 Å². The standard InChI is InChI=1S/C10H20ClNOS/c1-9-8-13-10(6-11)7-12(9)4-3-5-14-2/h9-10H,3-8H2,1-2H3. The Bertz CT molecular complexity index is 159. The summed E-state index contributed by atoms with van der Waals surface area (Å²) in [6.45, 7) is 5.23.